The molecule has 8 aliphatic rings. The van der Waals surface area contributed by atoms with Gasteiger partial charge >= 0.3 is 0 Å². The minimum atomic E-state index is 0. The van der Waals surface area contributed by atoms with E-state index in [1.165, 1.54) is 78.8 Å². The molecule has 790 valence electrons. The number of β-amino-alcohol motifs (C(OH)–C–C–N with tert-alkyl or cyclic N) is 1. The van der Waals surface area contributed by atoms with Crippen molar-refractivity contribution in [3.8, 4) is 57.5 Å². The fraction of sp³-hybridized carbons (Fsp3) is 0.453. The van der Waals surface area contributed by atoms with Crippen molar-refractivity contribution in [2.75, 3.05) is 204 Å². The predicted octanol–water partition coefficient (Wildman–Crippen LogP) is 24.1. The number of phenolic OH excluding ortho intramolecular Hbond substituents is 2. The average molecular weight is 2030 g/mol. The molecular formula is C117H166N10O16P2. The molecule has 145 heavy (non-hydrogen) atoms. The summed E-state index contributed by atoms with van der Waals surface area (Å²) in [5, 5.41) is 37.0. The SMILES string of the molecule is COCCN1c2cccc(O)c2C(C)C1C.COCCN1c2cccc(OC)c2C(C)C1C.COCCN1c2cccc(OC)c2C(C)C1C.COc1cccc2[nH]ccc12.COc1cccc2c1C(C)C(C)N2.COc1cccc2c1C(C)C(C)N2CCO.COc1cccc2c1C(C)C(C)N2CCOP.COc1cccc2c1C(C)C(C)N2CCOP.COc1cccc2c1CCN2.Oc1cccc2[nH]ccc12.[3HH].[3HH]. The summed E-state index contributed by atoms with van der Waals surface area (Å²) in [7, 11) is 23.6. The third-order valence-corrected chi connectivity index (χ3v) is 30.8. The van der Waals surface area contributed by atoms with Crippen LogP contribution in [0.4, 0.5) is 45.5 Å². The summed E-state index contributed by atoms with van der Waals surface area (Å²) >= 11 is 0. The molecule has 0 radical (unpaired) electrons. The summed E-state index contributed by atoms with van der Waals surface area (Å²) in [4.78, 5) is 20.3. The van der Waals surface area contributed by atoms with Crippen molar-refractivity contribution in [1.82, 2.24) is 9.97 Å². The molecule has 2 aromatic heterocycles. The highest BCUT2D eigenvalue weighted by Gasteiger charge is 2.41. The molecule has 0 amide bonds. The number of aromatic nitrogens is 2. The number of methoxy groups -OCH3 is 11. The Morgan fingerprint density at radius 1 is 0.297 bits per heavy atom. The summed E-state index contributed by atoms with van der Waals surface area (Å²) < 4.78 is 68.7. The highest BCUT2D eigenvalue weighted by atomic mass is 31.0. The molecule has 20 rings (SSSR count). The summed E-state index contributed by atoms with van der Waals surface area (Å²) in [5.41, 5.74) is 22.3. The zero-order valence-electron chi connectivity index (χ0n) is 90.1. The van der Waals surface area contributed by atoms with Gasteiger partial charge in [-0.15, -0.1) is 0 Å². The monoisotopic (exact) mass is 2030 g/mol. The van der Waals surface area contributed by atoms with Crippen molar-refractivity contribution in [1.29, 1.82) is 0 Å². The average Bonchev–Trinajstić information content (AvgIpc) is 1.61. The largest absolute Gasteiger partial charge is 0.508 e. The summed E-state index contributed by atoms with van der Waals surface area (Å²) in [5.74, 6) is 11.9. The van der Waals surface area contributed by atoms with E-state index in [0.29, 0.717) is 108 Å². The van der Waals surface area contributed by atoms with Crippen LogP contribution in [0.5, 0.6) is 57.5 Å². The van der Waals surface area contributed by atoms with Crippen LogP contribution in [0.3, 0.4) is 0 Å². The van der Waals surface area contributed by atoms with Gasteiger partial charge in [0.1, 0.15) is 57.5 Å². The van der Waals surface area contributed by atoms with E-state index < -0.39 is 0 Å². The Bertz CT molecular complexity index is 5740. The van der Waals surface area contributed by atoms with Crippen molar-refractivity contribution in [3.05, 3.63) is 251 Å². The number of aromatic amines is 2. The number of H-pyrrole nitrogens is 2. The van der Waals surface area contributed by atoms with Crippen LogP contribution >= 0.6 is 18.9 Å². The molecule has 28 heteroatoms. The van der Waals surface area contributed by atoms with Crippen molar-refractivity contribution in [2.45, 2.75) is 187 Å². The molecule has 10 aromatic carbocycles. The zero-order chi connectivity index (χ0) is 105. The van der Waals surface area contributed by atoms with Gasteiger partial charge in [-0.25, -0.2) is 0 Å². The molecule has 0 saturated heterocycles. The number of hydrogen-bond acceptors (Lipinski definition) is 24. The van der Waals surface area contributed by atoms with Gasteiger partial charge in [-0.1, -0.05) is 109 Å². The quantitative estimate of drug-likeness (QED) is 0.0263. The zero-order valence-corrected chi connectivity index (χ0v) is 92.4. The first-order valence-electron chi connectivity index (χ1n) is 50.8. The van der Waals surface area contributed by atoms with Crippen LogP contribution in [-0.2, 0) is 29.7 Å². The van der Waals surface area contributed by atoms with Crippen LogP contribution in [0.2, 0.25) is 0 Å². The molecule has 12 aromatic rings. The van der Waals surface area contributed by atoms with Crippen molar-refractivity contribution in [3.63, 3.8) is 0 Å². The minimum absolute atomic E-state index is 0. The molecule has 7 N–H and O–H groups in total. The summed E-state index contributed by atoms with van der Waals surface area (Å²) in [6.45, 7) is 41.4. The smallest absolute Gasteiger partial charge is 0.128 e. The molecule has 26 nitrogen and oxygen atoms in total. The second-order valence-electron chi connectivity index (χ2n) is 37.9. The molecule has 0 saturated carbocycles. The van der Waals surface area contributed by atoms with Crippen LogP contribution in [0.15, 0.2) is 207 Å². The first kappa shape index (κ1) is 114. The topological polar surface area (TPSA) is 256 Å². The number of rotatable bonds is 25. The van der Waals surface area contributed by atoms with E-state index in [-0.39, 0.29) is 9.46 Å². The van der Waals surface area contributed by atoms with Crippen molar-refractivity contribution >= 4 is 86.2 Å². The number of nitrogens with zero attached hydrogens (tertiary/aromatic N) is 6. The fourth-order valence-corrected chi connectivity index (χ4v) is 21.6. The highest BCUT2D eigenvalue weighted by molar-refractivity contribution is 7.10. The van der Waals surface area contributed by atoms with Crippen LogP contribution < -0.4 is 77.9 Å². The predicted molar refractivity (Wildman–Crippen MR) is 607 cm³/mol. The molecule has 10 heterocycles. The summed E-state index contributed by atoms with van der Waals surface area (Å²) in [6, 6.07) is 67.7. The molecule has 0 bridgehead atoms. The van der Waals surface area contributed by atoms with Crippen LogP contribution in [0.1, 0.15) is 186 Å². The molecule has 16 unspecified atom stereocenters. The van der Waals surface area contributed by atoms with Gasteiger partial charge in [0.05, 0.1) is 96.5 Å². The van der Waals surface area contributed by atoms with Crippen molar-refractivity contribution in [2.24, 2.45) is 0 Å². The molecule has 0 spiro atoms. The number of aromatic hydroxyl groups is 2. The Balaban J connectivity index is 0.000000182. The molecule has 16 atom stereocenters. The maximum Gasteiger partial charge on any atom is 0.128 e. The van der Waals surface area contributed by atoms with Gasteiger partial charge in [-0.3, -0.25) is 0 Å². The van der Waals surface area contributed by atoms with E-state index >= 15 is 0 Å². The van der Waals surface area contributed by atoms with Crippen LogP contribution in [0, 0.1) is 0 Å². The lowest BCUT2D eigenvalue weighted by molar-refractivity contribution is 0.203. The number of benzene rings is 10. The number of nitrogens with one attached hydrogen (secondary N) is 4. The fourth-order valence-electron chi connectivity index (χ4n) is 21.4. The molecule has 0 fully saturated rings. The lowest BCUT2D eigenvalue weighted by Crippen LogP contribution is -2.33. The Morgan fingerprint density at radius 3 is 0.931 bits per heavy atom. The van der Waals surface area contributed by atoms with E-state index in [9.17, 15) is 10.2 Å². The van der Waals surface area contributed by atoms with Gasteiger partial charge < -0.3 is 126 Å². The third kappa shape index (κ3) is 26.1. The summed E-state index contributed by atoms with van der Waals surface area (Å²) in [6.07, 6.45) is 4.80. The maximum absolute atomic E-state index is 9.90. The second-order valence-corrected chi connectivity index (χ2v) is 38.5. The van der Waals surface area contributed by atoms with Crippen LogP contribution in [0.25, 0.3) is 21.8 Å². The third-order valence-electron chi connectivity index (χ3n) is 30.4. The lowest BCUT2D eigenvalue weighted by atomic mass is 9.97. The maximum atomic E-state index is 9.90. The molecule has 8 aliphatic heterocycles. The molecular weight excluding hydrogens is 1860 g/mol. The second kappa shape index (κ2) is 55.2. The molecule has 0 aliphatic carbocycles. The van der Waals surface area contributed by atoms with Crippen molar-refractivity contribution < 1.29 is 79.3 Å². The Labute approximate surface area is 869 Å². The standard InChI is InChI=1S/2C14H21NO2.2C13H20NO2P.2C13H19NO2.C11H15NO.C9H11NO.C9H9NO.C8H7NO.2H2/c2*1-10-11(2)15(8-9-16-3)12-6-5-7-13(17-4)14(10)12;2*1-9-10(2)14(7-8-16-17)11-5-4-6-12(15-3)13(9)11;1-9-10(2)14(7-8-16-3)11-5-4-6-12(15)13(9)11;1-9-10(2)14(7-8-15)11-5-4-6-12(16-3)13(9)11;1-7-8(2)12-9-5-4-6-10(13-3)11(7)9;2*1-11-9-4-2-3-8-7(9)5-6-10-8;10-8-3-1-2-7-6(8)4-5-9-7;;/h2*5-7,10-11H,8-9H2,1-4H3;2*4-6,9-10H,7-8,17H2,1-3H3;2*4-6,9-10,15H,7-8H2,1-3H3;4-8,12H,1-3H3;2-4,10H,5-6H2,1H3;2-6,10H,1H3;1-5,9-10H;2*1H/i;;;;;;;;;;2*1+2. The lowest BCUT2D eigenvalue weighted by Gasteiger charge is -2.25. The van der Waals surface area contributed by atoms with Crippen LogP contribution in [-0.4, -0.2) is 231 Å². The van der Waals surface area contributed by atoms with Gasteiger partial charge in [0.15, 0.2) is 0 Å². The van der Waals surface area contributed by atoms with Gasteiger partial charge in [-0.2, -0.15) is 0 Å². The van der Waals surface area contributed by atoms with E-state index in [4.69, 9.17) is 66.3 Å². The van der Waals surface area contributed by atoms with E-state index in [0.717, 1.165) is 151 Å². The van der Waals surface area contributed by atoms with Gasteiger partial charge in [0.25, 0.3) is 0 Å². The first-order valence-corrected chi connectivity index (χ1v) is 51.7. The minimum Gasteiger partial charge on any atom is -0.508 e. The highest BCUT2D eigenvalue weighted by Crippen LogP contribution is 2.52. The number of anilines is 8. The van der Waals surface area contributed by atoms with E-state index in [1.54, 1.807) is 90.3 Å². The number of aliphatic hydroxyl groups excluding tert-OH is 1. The number of hydrogen-bond donors (Lipinski definition) is 7. The van der Waals surface area contributed by atoms with Gasteiger partial charge in [0.2, 0.25) is 0 Å². The Hall–Kier alpha value is -11.7. The normalized spacial score (nSPS) is 20.6. The van der Waals surface area contributed by atoms with E-state index in [1.807, 2.05) is 122 Å². The van der Waals surface area contributed by atoms with Gasteiger partial charge in [0, 0.05) is 297 Å². The van der Waals surface area contributed by atoms with E-state index in [2.05, 4.69) is 239 Å². The van der Waals surface area contributed by atoms with Gasteiger partial charge in [-0.05, 0) is 188 Å². The first-order chi connectivity index (χ1) is 70.1. The number of ether oxygens (including phenoxy) is 11. The Morgan fingerprint density at radius 2 is 0.579 bits per heavy atom. The number of fused-ring (bicyclic) bond motifs is 10. The Kier molecular flexibility index (Phi) is 43.2. The number of phenols is 2. The number of aliphatic hydroxyl groups is 1.